The quantitative estimate of drug-likeness (QED) is 0.793. The van der Waals surface area contributed by atoms with Crippen molar-refractivity contribution in [1.82, 2.24) is 9.21 Å². The first-order valence-electron chi connectivity index (χ1n) is 8.50. The fourth-order valence-electron chi connectivity index (χ4n) is 2.79. The van der Waals surface area contributed by atoms with Crippen LogP contribution in [0.15, 0.2) is 16.3 Å². The number of hydrogen-bond acceptors (Lipinski definition) is 5. The molecule has 0 saturated carbocycles. The summed E-state index contributed by atoms with van der Waals surface area (Å²) in [5, 5.41) is 0. The number of carbonyl (C=O) groups excluding carboxylic acids is 1. The number of ether oxygens (including phenoxy) is 1. The average molecular weight is 389 g/mol. The molecule has 0 spiro atoms. The molecule has 1 aromatic heterocycles. The van der Waals surface area contributed by atoms with Gasteiger partial charge in [-0.15, -0.1) is 11.3 Å². The maximum absolute atomic E-state index is 12.6. The van der Waals surface area contributed by atoms with Gasteiger partial charge in [-0.05, 0) is 58.6 Å². The van der Waals surface area contributed by atoms with Crippen LogP contribution in [0, 0.1) is 12.8 Å². The summed E-state index contributed by atoms with van der Waals surface area (Å²) in [6.07, 6.45) is 1.27. The summed E-state index contributed by atoms with van der Waals surface area (Å²) in [7, 11) is -1.80. The highest BCUT2D eigenvalue weighted by Crippen LogP contribution is 2.26. The molecule has 1 fully saturated rings. The zero-order chi connectivity index (χ0) is 18.8. The van der Waals surface area contributed by atoms with Crippen molar-refractivity contribution in [3.63, 3.8) is 0 Å². The van der Waals surface area contributed by atoms with Crippen LogP contribution in [0.1, 0.15) is 38.5 Å². The minimum atomic E-state index is -3.42. The van der Waals surface area contributed by atoms with E-state index in [9.17, 15) is 13.2 Å². The molecule has 0 atom stereocenters. The van der Waals surface area contributed by atoms with Gasteiger partial charge in [0, 0.05) is 31.6 Å². The van der Waals surface area contributed by atoms with E-state index in [4.69, 9.17) is 4.74 Å². The third-order valence-electron chi connectivity index (χ3n) is 4.16. The Labute approximate surface area is 154 Å². The molecule has 0 radical (unpaired) electrons. The van der Waals surface area contributed by atoms with Gasteiger partial charge in [-0.25, -0.2) is 13.2 Å². The molecule has 1 aliphatic heterocycles. The molecular weight excluding hydrogens is 360 g/mol. The molecule has 0 bridgehead atoms. The molecule has 0 unspecified atom stereocenters. The van der Waals surface area contributed by atoms with E-state index < -0.39 is 15.6 Å². The second-order valence-corrected chi connectivity index (χ2v) is 11.1. The van der Waals surface area contributed by atoms with E-state index >= 15 is 0 Å². The maximum Gasteiger partial charge on any atom is 0.410 e. The minimum absolute atomic E-state index is 0.250. The normalized spacial score (nSPS) is 17.1. The van der Waals surface area contributed by atoms with Gasteiger partial charge in [0.2, 0.25) is 0 Å². The number of likely N-dealkylation sites (tertiary alicyclic amines) is 1. The molecule has 0 aromatic carbocycles. The molecule has 142 valence electrons. The van der Waals surface area contributed by atoms with Crippen LogP contribution >= 0.6 is 11.3 Å². The summed E-state index contributed by atoms with van der Waals surface area (Å²) in [6.45, 7) is 9.13. The van der Waals surface area contributed by atoms with E-state index in [1.165, 1.54) is 15.6 Å². The van der Waals surface area contributed by atoms with Crippen LogP contribution < -0.4 is 0 Å². The van der Waals surface area contributed by atoms with E-state index in [2.05, 4.69) is 0 Å². The fraction of sp³-hybridized carbons (Fsp3) is 0.706. The standard InChI is InChI=1S/C17H28N2O4S2/c1-13-6-7-15(24-13)25(21,22)18(5)12-14-8-10-19(11-9-14)16(20)23-17(2,3)4/h6-7,14H,8-12H2,1-5H3. The van der Waals surface area contributed by atoms with Crippen LogP contribution in [-0.2, 0) is 14.8 Å². The van der Waals surface area contributed by atoms with Crippen LogP contribution in [0.2, 0.25) is 0 Å². The molecular formula is C17H28N2O4S2. The lowest BCUT2D eigenvalue weighted by Crippen LogP contribution is -2.43. The minimum Gasteiger partial charge on any atom is -0.444 e. The van der Waals surface area contributed by atoms with Gasteiger partial charge in [-0.2, -0.15) is 4.31 Å². The third kappa shape index (κ3) is 5.43. The lowest BCUT2D eigenvalue weighted by atomic mass is 9.97. The molecule has 1 aliphatic rings. The van der Waals surface area contributed by atoms with Crippen LogP contribution in [0.25, 0.3) is 0 Å². The van der Waals surface area contributed by atoms with Gasteiger partial charge >= 0.3 is 6.09 Å². The number of rotatable bonds is 4. The van der Waals surface area contributed by atoms with Crippen LogP contribution in [-0.4, -0.2) is 56.0 Å². The smallest absolute Gasteiger partial charge is 0.410 e. The van der Waals surface area contributed by atoms with E-state index in [-0.39, 0.29) is 12.0 Å². The second kappa shape index (κ2) is 7.63. The number of aryl methyl sites for hydroxylation is 1. The number of sulfonamides is 1. The van der Waals surface area contributed by atoms with Gasteiger partial charge in [-0.3, -0.25) is 0 Å². The molecule has 1 aromatic rings. The molecule has 1 amide bonds. The van der Waals surface area contributed by atoms with Crippen molar-refractivity contribution in [2.75, 3.05) is 26.7 Å². The Balaban J connectivity index is 1.88. The lowest BCUT2D eigenvalue weighted by Gasteiger charge is -2.34. The van der Waals surface area contributed by atoms with E-state index in [1.54, 1.807) is 18.0 Å². The zero-order valence-electron chi connectivity index (χ0n) is 15.6. The Kier molecular flexibility index (Phi) is 6.17. The highest BCUT2D eigenvalue weighted by atomic mass is 32.2. The van der Waals surface area contributed by atoms with Crippen molar-refractivity contribution in [2.45, 2.75) is 50.3 Å². The predicted molar refractivity (Wildman–Crippen MR) is 99.4 cm³/mol. The monoisotopic (exact) mass is 388 g/mol. The Morgan fingerprint density at radius 2 is 1.92 bits per heavy atom. The summed E-state index contributed by atoms with van der Waals surface area (Å²) in [5.74, 6) is 0.250. The topological polar surface area (TPSA) is 66.9 Å². The van der Waals surface area contributed by atoms with Crippen molar-refractivity contribution in [3.8, 4) is 0 Å². The van der Waals surface area contributed by atoms with Gasteiger partial charge in [0.05, 0.1) is 0 Å². The first kappa shape index (κ1) is 20.2. The molecule has 1 saturated heterocycles. The first-order valence-corrected chi connectivity index (χ1v) is 10.8. The van der Waals surface area contributed by atoms with E-state index in [0.717, 1.165) is 17.7 Å². The first-order chi connectivity index (χ1) is 11.5. The van der Waals surface area contributed by atoms with Crippen molar-refractivity contribution >= 4 is 27.5 Å². The molecule has 6 nitrogen and oxygen atoms in total. The Morgan fingerprint density at radius 3 is 2.40 bits per heavy atom. The largest absolute Gasteiger partial charge is 0.444 e. The van der Waals surface area contributed by atoms with Crippen LogP contribution in [0.4, 0.5) is 4.79 Å². The third-order valence-corrected chi connectivity index (χ3v) is 7.45. The summed E-state index contributed by atoms with van der Waals surface area (Å²) in [6, 6.07) is 3.49. The number of hydrogen-bond donors (Lipinski definition) is 0. The fourth-order valence-corrected chi connectivity index (χ4v) is 5.53. The Morgan fingerprint density at radius 1 is 1.32 bits per heavy atom. The number of nitrogens with zero attached hydrogens (tertiary/aromatic N) is 2. The van der Waals surface area contributed by atoms with Gasteiger partial charge < -0.3 is 9.64 Å². The molecule has 0 N–H and O–H groups in total. The van der Waals surface area contributed by atoms with Crippen LogP contribution in [0.3, 0.4) is 0 Å². The molecule has 2 rings (SSSR count). The number of piperidine rings is 1. The number of amides is 1. The van der Waals surface area contributed by atoms with E-state index in [1.807, 2.05) is 33.8 Å². The lowest BCUT2D eigenvalue weighted by molar-refractivity contribution is 0.0179. The summed E-state index contributed by atoms with van der Waals surface area (Å²) < 4.78 is 32.4. The molecule has 8 heteroatoms. The van der Waals surface area contributed by atoms with Crippen molar-refractivity contribution in [3.05, 3.63) is 17.0 Å². The SMILES string of the molecule is Cc1ccc(S(=O)(=O)N(C)CC2CCN(C(=O)OC(C)(C)C)CC2)s1. The summed E-state index contributed by atoms with van der Waals surface area (Å²) in [5.41, 5.74) is -0.499. The molecule has 0 aliphatic carbocycles. The highest BCUT2D eigenvalue weighted by molar-refractivity contribution is 7.91. The summed E-state index contributed by atoms with van der Waals surface area (Å²) >= 11 is 1.30. The van der Waals surface area contributed by atoms with Crippen LogP contribution in [0.5, 0.6) is 0 Å². The van der Waals surface area contributed by atoms with Gasteiger partial charge in [0.25, 0.3) is 10.0 Å². The van der Waals surface area contributed by atoms with Gasteiger partial charge in [-0.1, -0.05) is 0 Å². The van der Waals surface area contributed by atoms with E-state index in [0.29, 0.717) is 23.8 Å². The predicted octanol–water partition coefficient (Wildman–Crippen LogP) is 3.32. The van der Waals surface area contributed by atoms with Gasteiger partial charge in [0.1, 0.15) is 9.81 Å². The maximum atomic E-state index is 12.6. The van der Waals surface area contributed by atoms with Crippen molar-refractivity contribution < 1.29 is 17.9 Å². The number of carbonyl (C=O) groups is 1. The molecule has 2 heterocycles. The molecule has 25 heavy (non-hydrogen) atoms. The number of thiophene rings is 1. The van der Waals surface area contributed by atoms with Crippen molar-refractivity contribution in [1.29, 1.82) is 0 Å². The zero-order valence-corrected chi connectivity index (χ0v) is 17.2. The Bertz CT molecular complexity index is 698. The second-order valence-electron chi connectivity index (χ2n) is 7.56. The van der Waals surface area contributed by atoms with Crippen molar-refractivity contribution in [2.24, 2.45) is 5.92 Å². The average Bonchev–Trinajstić information content (AvgIpc) is 2.93. The highest BCUT2D eigenvalue weighted by Gasteiger charge is 2.30. The summed E-state index contributed by atoms with van der Waals surface area (Å²) in [4.78, 5) is 14.8. The van der Waals surface area contributed by atoms with Gasteiger partial charge in [0.15, 0.2) is 0 Å². The Hall–Kier alpha value is -1.12.